The van der Waals surface area contributed by atoms with Crippen LogP contribution in [0.15, 0.2) is 41.3 Å². The molecule has 0 bridgehead atoms. The van der Waals surface area contributed by atoms with Gasteiger partial charge in [0.2, 0.25) is 15.9 Å². The molecule has 2 aliphatic rings. The van der Waals surface area contributed by atoms with E-state index in [1.807, 2.05) is 6.92 Å². The quantitative estimate of drug-likeness (QED) is 0.658. The molecule has 1 atom stereocenters. The van der Waals surface area contributed by atoms with E-state index in [1.165, 1.54) is 12.1 Å². The fraction of sp³-hybridized carbons (Fsp3) is 0.333. The van der Waals surface area contributed by atoms with Gasteiger partial charge in [0.05, 0.1) is 23.0 Å². The Morgan fingerprint density at radius 2 is 2.12 bits per heavy atom. The van der Waals surface area contributed by atoms with Crippen molar-refractivity contribution in [1.82, 2.24) is 4.31 Å². The summed E-state index contributed by atoms with van der Waals surface area (Å²) in [5.74, 6) is -0.0882. The molecule has 2 aromatic carbocycles. The van der Waals surface area contributed by atoms with E-state index in [1.54, 1.807) is 24.3 Å². The van der Waals surface area contributed by atoms with Gasteiger partial charge in [0.15, 0.2) is 6.61 Å². The molecule has 2 heterocycles. The first-order valence-corrected chi connectivity index (χ1v) is 11.9. The van der Waals surface area contributed by atoms with E-state index in [0.29, 0.717) is 36.6 Å². The molecule has 2 aromatic rings. The standard InChI is InChI=1S/C21H22ClN3O6S/c1-2-30-17-8-4-3-6-14(17)24-21(27)16-7-5-9-25(16)32(28,29)19-11-18-15(10-13(19)22)23-20(26)12-31-18/h3-4,6,8,10-11,16H,2,5,7,9,12H2,1H3,(H,23,26)(H,24,27). The van der Waals surface area contributed by atoms with Crippen molar-refractivity contribution in [1.29, 1.82) is 0 Å². The number of carbonyl (C=O) groups excluding carboxylic acids is 2. The Labute approximate surface area is 190 Å². The summed E-state index contributed by atoms with van der Waals surface area (Å²) < 4.78 is 38.9. The molecule has 1 unspecified atom stereocenters. The molecule has 2 N–H and O–H groups in total. The van der Waals surface area contributed by atoms with Gasteiger partial charge in [-0.05, 0) is 38.0 Å². The van der Waals surface area contributed by atoms with Gasteiger partial charge in [-0.2, -0.15) is 4.31 Å². The number of hydrogen-bond donors (Lipinski definition) is 2. The van der Waals surface area contributed by atoms with Crippen molar-refractivity contribution in [2.45, 2.75) is 30.7 Å². The minimum atomic E-state index is -4.11. The van der Waals surface area contributed by atoms with E-state index >= 15 is 0 Å². The summed E-state index contributed by atoms with van der Waals surface area (Å²) in [6, 6.07) is 8.69. The van der Waals surface area contributed by atoms with Crippen molar-refractivity contribution < 1.29 is 27.5 Å². The van der Waals surface area contributed by atoms with Crippen LogP contribution >= 0.6 is 11.6 Å². The third kappa shape index (κ3) is 4.25. The van der Waals surface area contributed by atoms with E-state index in [-0.39, 0.29) is 34.7 Å². The van der Waals surface area contributed by atoms with Crippen molar-refractivity contribution in [3.63, 3.8) is 0 Å². The lowest BCUT2D eigenvalue weighted by Crippen LogP contribution is -2.43. The normalized spacial score (nSPS) is 18.4. The first-order valence-electron chi connectivity index (χ1n) is 10.1. The summed E-state index contributed by atoms with van der Waals surface area (Å²) in [5, 5.41) is 5.30. The zero-order valence-electron chi connectivity index (χ0n) is 17.3. The molecule has 9 nitrogen and oxygen atoms in total. The minimum Gasteiger partial charge on any atom is -0.492 e. The highest BCUT2D eigenvalue weighted by Gasteiger charge is 2.41. The van der Waals surface area contributed by atoms with Crippen LogP contribution in [0.5, 0.6) is 11.5 Å². The highest BCUT2D eigenvalue weighted by molar-refractivity contribution is 7.89. The average Bonchev–Trinajstić information content (AvgIpc) is 3.26. The first-order chi connectivity index (χ1) is 15.3. The molecule has 4 rings (SSSR count). The van der Waals surface area contributed by atoms with E-state index in [9.17, 15) is 18.0 Å². The fourth-order valence-electron chi connectivity index (χ4n) is 3.76. The van der Waals surface area contributed by atoms with Gasteiger partial charge in [0, 0.05) is 12.6 Å². The molecule has 0 saturated carbocycles. The number of nitrogens with one attached hydrogen (secondary N) is 2. The summed E-state index contributed by atoms with van der Waals surface area (Å²) in [7, 11) is -4.11. The second-order valence-electron chi connectivity index (χ2n) is 7.31. The van der Waals surface area contributed by atoms with Gasteiger partial charge in [-0.1, -0.05) is 23.7 Å². The lowest BCUT2D eigenvalue weighted by molar-refractivity contribution is -0.119. The number of sulfonamides is 1. The van der Waals surface area contributed by atoms with Gasteiger partial charge in [-0.3, -0.25) is 9.59 Å². The number of benzene rings is 2. The van der Waals surface area contributed by atoms with Crippen LogP contribution in [0, 0.1) is 0 Å². The Hall–Kier alpha value is -2.82. The number of halogens is 1. The van der Waals surface area contributed by atoms with Crippen molar-refractivity contribution in [3.05, 3.63) is 41.4 Å². The summed E-state index contributed by atoms with van der Waals surface area (Å²) in [6.45, 7) is 2.22. The van der Waals surface area contributed by atoms with Gasteiger partial charge < -0.3 is 20.1 Å². The van der Waals surface area contributed by atoms with Crippen LogP contribution in [0.1, 0.15) is 19.8 Å². The maximum atomic E-state index is 13.4. The lowest BCUT2D eigenvalue weighted by atomic mass is 10.2. The predicted octanol–water partition coefficient (Wildman–Crippen LogP) is 2.86. The Balaban J connectivity index is 1.60. The minimum absolute atomic E-state index is 0.0673. The molecular weight excluding hydrogens is 458 g/mol. The van der Waals surface area contributed by atoms with Crippen LogP contribution in [-0.2, 0) is 19.6 Å². The molecule has 1 saturated heterocycles. The highest BCUT2D eigenvalue weighted by Crippen LogP contribution is 2.38. The van der Waals surface area contributed by atoms with Gasteiger partial charge >= 0.3 is 0 Å². The third-order valence-electron chi connectivity index (χ3n) is 5.20. The molecule has 170 valence electrons. The van der Waals surface area contributed by atoms with Crippen molar-refractivity contribution in [2.24, 2.45) is 0 Å². The highest BCUT2D eigenvalue weighted by atomic mass is 35.5. The second-order valence-corrected chi connectivity index (χ2v) is 9.57. The predicted molar refractivity (Wildman–Crippen MR) is 119 cm³/mol. The van der Waals surface area contributed by atoms with Crippen LogP contribution in [0.25, 0.3) is 0 Å². The molecule has 0 radical (unpaired) electrons. The van der Waals surface area contributed by atoms with Crippen molar-refractivity contribution >= 4 is 44.8 Å². The third-order valence-corrected chi connectivity index (χ3v) is 7.58. The van der Waals surface area contributed by atoms with Crippen LogP contribution < -0.4 is 20.1 Å². The van der Waals surface area contributed by atoms with E-state index in [4.69, 9.17) is 21.1 Å². The van der Waals surface area contributed by atoms with Gasteiger partial charge in [-0.25, -0.2) is 8.42 Å². The second kappa shape index (κ2) is 8.97. The fourth-order valence-corrected chi connectivity index (χ4v) is 5.94. The molecule has 2 aliphatic heterocycles. The van der Waals surface area contributed by atoms with Crippen LogP contribution in [0.2, 0.25) is 5.02 Å². The number of amides is 2. The molecule has 0 aromatic heterocycles. The Bertz CT molecular complexity index is 1170. The maximum absolute atomic E-state index is 13.4. The molecular formula is C21H22ClN3O6S. The molecule has 1 fully saturated rings. The van der Waals surface area contributed by atoms with Crippen LogP contribution in [0.3, 0.4) is 0 Å². The zero-order valence-corrected chi connectivity index (χ0v) is 18.8. The molecule has 32 heavy (non-hydrogen) atoms. The number of anilines is 2. The SMILES string of the molecule is CCOc1ccccc1NC(=O)C1CCCN1S(=O)(=O)c1cc2c(cc1Cl)NC(=O)CO2. The van der Waals surface area contributed by atoms with E-state index in [0.717, 1.165) is 4.31 Å². The number of para-hydroxylation sites is 2. The van der Waals surface area contributed by atoms with Gasteiger partial charge in [0.1, 0.15) is 22.4 Å². The number of rotatable bonds is 6. The van der Waals surface area contributed by atoms with Gasteiger partial charge in [-0.15, -0.1) is 0 Å². The van der Waals surface area contributed by atoms with Crippen LogP contribution in [0.4, 0.5) is 11.4 Å². The topological polar surface area (TPSA) is 114 Å². The smallest absolute Gasteiger partial charge is 0.262 e. The van der Waals surface area contributed by atoms with Crippen molar-refractivity contribution in [3.8, 4) is 11.5 Å². The van der Waals surface area contributed by atoms with E-state index < -0.39 is 22.0 Å². The van der Waals surface area contributed by atoms with Gasteiger partial charge in [0.25, 0.3) is 5.91 Å². The van der Waals surface area contributed by atoms with Crippen molar-refractivity contribution in [2.75, 3.05) is 30.4 Å². The Morgan fingerprint density at radius 3 is 2.91 bits per heavy atom. The lowest BCUT2D eigenvalue weighted by Gasteiger charge is -2.25. The first kappa shape index (κ1) is 22.4. The number of carbonyl (C=O) groups is 2. The van der Waals surface area contributed by atoms with Crippen LogP contribution in [-0.4, -0.2) is 50.3 Å². The number of hydrogen-bond acceptors (Lipinski definition) is 6. The molecule has 11 heteroatoms. The summed E-state index contributed by atoms with van der Waals surface area (Å²) in [5.41, 5.74) is 0.771. The Morgan fingerprint density at radius 1 is 1.34 bits per heavy atom. The largest absolute Gasteiger partial charge is 0.492 e. The zero-order chi connectivity index (χ0) is 22.9. The summed E-state index contributed by atoms with van der Waals surface area (Å²) in [4.78, 5) is 24.4. The number of fused-ring (bicyclic) bond motifs is 1. The Kier molecular flexibility index (Phi) is 6.27. The maximum Gasteiger partial charge on any atom is 0.262 e. The summed E-state index contributed by atoms with van der Waals surface area (Å²) in [6.07, 6.45) is 0.899. The number of nitrogens with zero attached hydrogens (tertiary/aromatic N) is 1. The average molecular weight is 480 g/mol. The molecule has 0 spiro atoms. The molecule has 0 aliphatic carbocycles. The number of ether oxygens (including phenoxy) is 2. The molecule has 2 amide bonds. The van der Waals surface area contributed by atoms with E-state index in [2.05, 4.69) is 10.6 Å². The summed E-state index contributed by atoms with van der Waals surface area (Å²) >= 11 is 6.25. The monoisotopic (exact) mass is 479 g/mol.